The molecule has 6 heteroatoms. The highest BCUT2D eigenvalue weighted by atomic mass is 32.2. The Balaban J connectivity index is 4.17. The first-order valence-corrected chi connectivity index (χ1v) is 6.08. The van der Waals surface area contributed by atoms with Crippen LogP contribution in [0.3, 0.4) is 0 Å². The van der Waals surface area contributed by atoms with Gasteiger partial charge < -0.3 is 4.55 Å². The van der Waals surface area contributed by atoms with Gasteiger partial charge in [0.25, 0.3) is 0 Å². The number of hydrogen-bond donors (Lipinski definition) is 1. The van der Waals surface area contributed by atoms with Gasteiger partial charge in [0.15, 0.2) is 0 Å². The molecule has 0 aliphatic heterocycles. The summed E-state index contributed by atoms with van der Waals surface area (Å²) in [6, 6.07) is -0.582. The molecule has 2 nitrogen and oxygen atoms in total. The van der Waals surface area contributed by atoms with Crippen LogP contribution in [-0.2, 0) is 11.4 Å². The minimum atomic E-state index is -4.19. The van der Waals surface area contributed by atoms with E-state index in [1.54, 1.807) is 20.8 Å². The molecule has 0 aliphatic carbocycles. The fourth-order valence-corrected chi connectivity index (χ4v) is 1.70. The third-order valence-electron chi connectivity index (χ3n) is 1.84. The molecule has 0 heterocycles. The van der Waals surface area contributed by atoms with Crippen molar-refractivity contribution in [1.82, 2.24) is 4.72 Å². The minimum absolute atomic E-state index is 0.144. The highest BCUT2D eigenvalue weighted by molar-refractivity contribution is 7.90. The third kappa shape index (κ3) is 7.14. The average molecular weight is 257 g/mol. The van der Waals surface area contributed by atoms with Gasteiger partial charge >= 0.3 is 6.18 Å². The second-order valence-electron chi connectivity index (χ2n) is 4.50. The summed E-state index contributed by atoms with van der Waals surface area (Å²) in [6.07, 6.45) is -3.88. The Morgan fingerprint density at radius 1 is 1.38 bits per heavy atom. The van der Waals surface area contributed by atoms with Gasteiger partial charge in [0.1, 0.15) is 4.75 Å². The maximum Gasteiger partial charge on any atom is 0.389 e. The molecule has 0 aromatic carbocycles. The lowest BCUT2D eigenvalue weighted by Crippen LogP contribution is -2.44. The predicted molar refractivity (Wildman–Crippen MR) is 60.3 cm³/mol. The molecule has 0 saturated carbocycles. The monoisotopic (exact) mass is 257 g/mol. The van der Waals surface area contributed by atoms with Crippen molar-refractivity contribution >= 4 is 11.4 Å². The van der Waals surface area contributed by atoms with Gasteiger partial charge in [-0.25, -0.2) is 0 Å². The second-order valence-corrected chi connectivity index (χ2v) is 6.49. The van der Waals surface area contributed by atoms with Crippen molar-refractivity contribution in [2.75, 3.05) is 0 Å². The van der Waals surface area contributed by atoms with Crippen LogP contribution < -0.4 is 4.72 Å². The molecule has 96 valence electrons. The first-order valence-electron chi connectivity index (χ1n) is 4.93. The Bertz CT molecular complexity index is 225. The van der Waals surface area contributed by atoms with Gasteiger partial charge in [-0.3, -0.25) is 0 Å². The molecular weight excluding hydrogens is 239 g/mol. The highest BCUT2D eigenvalue weighted by Crippen LogP contribution is 2.23. The van der Waals surface area contributed by atoms with Gasteiger partial charge in [0, 0.05) is 17.8 Å². The van der Waals surface area contributed by atoms with Gasteiger partial charge in [-0.05, 0) is 27.2 Å². The standard InChI is InChI=1S/C10H18F3NOS/c1-5-8(6-7-10(11,12)13)14-16(15)9(2,3)4/h5,8,14H,1,6-7H2,2-4H3/t8?,16-/m1/s1. The third-order valence-corrected chi connectivity index (χ3v) is 3.47. The van der Waals surface area contributed by atoms with Crippen LogP contribution in [0, 0.1) is 0 Å². The average Bonchev–Trinajstić information content (AvgIpc) is 2.08. The molecule has 1 unspecified atom stereocenters. The van der Waals surface area contributed by atoms with Crippen LogP contribution >= 0.6 is 0 Å². The van der Waals surface area contributed by atoms with E-state index in [0.717, 1.165) is 0 Å². The van der Waals surface area contributed by atoms with Crippen LogP contribution in [-0.4, -0.2) is 21.5 Å². The Morgan fingerprint density at radius 2 is 1.88 bits per heavy atom. The predicted octanol–water partition coefficient (Wildman–Crippen LogP) is 2.94. The van der Waals surface area contributed by atoms with E-state index in [1.807, 2.05) is 0 Å². The van der Waals surface area contributed by atoms with Crippen molar-refractivity contribution in [1.29, 1.82) is 0 Å². The summed E-state index contributed by atoms with van der Waals surface area (Å²) in [6.45, 7) is 8.68. The summed E-state index contributed by atoms with van der Waals surface area (Å²) in [5.41, 5.74) is 0. The molecule has 0 radical (unpaired) electrons. The van der Waals surface area contributed by atoms with E-state index in [-0.39, 0.29) is 6.42 Å². The van der Waals surface area contributed by atoms with Gasteiger partial charge in [-0.2, -0.15) is 13.2 Å². The van der Waals surface area contributed by atoms with Gasteiger partial charge in [-0.15, -0.1) is 11.3 Å². The molecule has 16 heavy (non-hydrogen) atoms. The van der Waals surface area contributed by atoms with E-state index in [1.165, 1.54) is 6.08 Å². The fraction of sp³-hybridized carbons (Fsp3) is 0.800. The van der Waals surface area contributed by atoms with Crippen LogP contribution in [0.2, 0.25) is 0 Å². The lowest BCUT2D eigenvalue weighted by molar-refractivity contribution is -0.135. The molecule has 0 spiro atoms. The molecule has 0 aliphatic rings. The van der Waals surface area contributed by atoms with Gasteiger partial charge in [0.05, 0.1) is 6.04 Å². The number of alkyl halides is 3. The van der Waals surface area contributed by atoms with Crippen molar-refractivity contribution < 1.29 is 17.7 Å². The normalized spacial score (nSPS) is 16.9. The molecule has 0 fully saturated rings. The lowest BCUT2D eigenvalue weighted by atomic mass is 10.2. The largest absolute Gasteiger partial charge is 0.598 e. The number of rotatable bonds is 5. The topological polar surface area (TPSA) is 35.1 Å². The molecule has 0 bridgehead atoms. The number of nitrogens with one attached hydrogen (secondary N) is 1. The SMILES string of the molecule is C=CC(CCC(F)(F)F)N[S@+]([O-])C(C)(C)C. The van der Waals surface area contributed by atoms with E-state index in [0.29, 0.717) is 0 Å². The molecule has 0 aromatic rings. The molecular formula is C10H18F3NOS. The maximum absolute atomic E-state index is 12.0. The zero-order valence-electron chi connectivity index (χ0n) is 9.73. The summed E-state index contributed by atoms with van der Waals surface area (Å²) >= 11 is -1.38. The van der Waals surface area contributed by atoms with Gasteiger partial charge in [0.2, 0.25) is 0 Å². The van der Waals surface area contributed by atoms with E-state index in [4.69, 9.17) is 0 Å². The van der Waals surface area contributed by atoms with Crippen LogP contribution in [0.15, 0.2) is 12.7 Å². The van der Waals surface area contributed by atoms with Crippen LogP contribution in [0.4, 0.5) is 13.2 Å². The molecule has 0 saturated heterocycles. The second kappa shape index (κ2) is 5.93. The zero-order chi connectivity index (χ0) is 13.0. The molecule has 2 atom stereocenters. The first kappa shape index (κ1) is 15.8. The highest BCUT2D eigenvalue weighted by Gasteiger charge is 2.31. The van der Waals surface area contributed by atoms with Crippen LogP contribution in [0.1, 0.15) is 33.6 Å². The Hall–Kier alpha value is -0.200. The van der Waals surface area contributed by atoms with Crippen molar-refractivity contribution in [3.63, 3.8) is 0 Å². The van der Waals surface area contributed by atoms with Crippen molar-refractivity contribution in [2.45, 2.75) is 50.6 Å². The number of hydrogen-bond acceptors (Lipinski definition) is 2. The van der Waals surface area contributed by atoms with Gasteiger partial charge in [-0.1, -0.05) is 6.08 Å². The Morgan fingerprint density at radius 3 is 2.19 bits per heavy atom. The smallest absolute Gasteiger partial charge is 0.389 e. The fourth-order valence-electron chi connectivity index (χ4n) is 0.858. The van der Waals surface area contributed by atoms with Crippen molar-refractivity contribution in [2.24, 2.45) is 0 Å². The molecule has 0 rings (SSSR count). The van der Waals surface area contributed by atoms with Crippen LogP contribution in [0.5, 0.6) is 0 Å². The van der Waals surface area contributed by atoms with E-state index < -0.39 is 34.7 Å². The summed E-state index contributed by atoms with van der Waals surface area (Å²) < 4.78 is 49.7. The summed E-state index contributed by atoms with van der Waals surface area (Å²) in [7, 11) is 0. The number of halogens is 3. The minimum Gasteiger partial charge on any atom is -0.598 e. The molecule has 0 aromatic heterocycles. The van der Waals surface area contributed by atoms with Crippen LogP contribution in [0.25, 0.3) is 0 Å². The summed E-state index contributed by atoms with van der Waals surface area (Å²) in [5.74, 6) is 0. The summed E-state index contributed by atoms with van der Waals surface area (Å²) in [4.78, 5) is 0. The summed E-state index contributed by atoms with van der Waals surface area (Å²) in [5, 5.41) is 0. The van der Waals surface area contributed by atoms with Crippen molar-refractivity contribution in [3.8, 4) is 0 Å². The van der Waals surface area contributed by atoms with Crippen molar-refractivity contribution in [3.05, 3.63) is 12.7 Å². The van der Waals surface area contributed by atoms with E-state index >= 15 is 0 Å². The lowest BCUT2D eigenvalue weighted by Gasteiger charge is -2.26. The van der Waals surface area contributed by atoms with E-state index in [9.17, 15) is 17.7 Å². The Kier molecular flexibility index (Phi) is 5.86. The Labute approximate surface area is 97.6 Å². The van der Waals surface area contributed by atoms with E-state index in [2.05, 4.69) is 11.3 Å². The first-order chi connectivity index (χ1) is 7.06. The maximum atomic E-state index is 12.0. The zero-order valence-corrected chi connectivity index (χ0v) is 10.5. The molecule has 0 amide bonds. The molecule has 1 N–H and O–H groups in total. The quantitative estimate of drug-likeness (QED) is 0.607.